The summed E-state index contributed by atoms with van der Waals surface area (Å²) in [4.78, 5) is 51.4. The van der Waals surface area contributed by atoms with Crippen LogP contribution in [0.4, 0.5) is 4.79 Å². The molecule has 0 spiro atoms. The number of nitrogens with zero attached hydrogens (tertiary/aromatic N) is 2. The average molecular weight is 413 g/mol. The van der Waals surface area contributed by atoms with Crippen LogP contribution in [0.1, 0.15) is 11.3 Å². The molecule has 28 heavy (non-hydrogen) atoms. The molecule has 9 nitrogen and oxygen atoms in total. The van der Waals surface area contributed by atoms with Crippen molar-refractivity contribution in [2.24, 2.45) is 11.7 Å². The number of amides is 3. The van der Waals surface area contributed by atoms with Gasteiger partial charge in [-0.1, -0.05) is 6.07 Å². The van der Waals surface area contributed by atoms with Gasteiger partial charge in [0.05, 0.1) is 24.1 Å². The molecule has 142 valence electrons. The zero-order chi connectivity index (χ0) is 19.3. The van der Waals surface area contributed by atoms with Crippen LogP contribution in [-0.2, 0) is 25.5 Å². The van der Waals surface area contributed by atoms with Gasteiger partial charge in [-0.05, 0) is 23.4 Å². The Morgan fingerprint density at radius 2 is 2.11 bits per heavy atom. The number of carbonyl (C=O) groups is 4. The van der Waals surface area contributed by atoms with Crippen molar-refractivity contribution in [2.45, 2.75) is 24.9 Å². The summed E-state index contributed by atoms with van der Waals surface area (Å²) in [5.74, 6) is -2.41. The number of aliphatic carboxylic acids is 1. The van der Waals surface area contributed by atoms with Gasteiger partial charge in [0.2, 0.25) is 5.91 Å². The van der Waals surface area contributed by atoms with Gasteiger partial charge in [0.25, 0.3) is 5.91 Å². The van der Waals surface area contributed by atoms with Crippen molar-refractivity contribution in [3.8, 4) is 0 Å². The Balaban J connectivity index is 0.00000225. The van der Waals surface area contributed by atoms with E-state index in [1.165, 1.54) is 16.2 Å². The fourth-order valence-electron chi connectivity index (χ4n) is 4.27. The molecule has 4 rings (SSSR count). The van der Waals surface area contributed by atoms with Gasteiger partial charge in [0.1, 0.15) is 12.6 Å². The number of ether oxygens (including phenoxy) is 1. The van der Waals surface area contributed by atoms with E-state index in [-0.39, 0.29) is 60.1 Å². The van der Waals surface area contributed by atoms with Gasteiger partial charge in [-0.2, -0.15) is 0 Å². The van der Waals surface area contributed by atoms with E-state index in [1.807, 2.05) is 17.5 Å². The van der Waals surface area contributed by atoms with E-state index in [0.717, 1.165) is 9.78 Å². The van der Waals surface area contributed by atoms with E-state index >= 15 is 0 Å². The van der Waals surface area contributed by atoms with Crippen molar-refractivity contribution in [1.82, 2.24) is 9.80 Å². The number of β-lactam (4-membered cyclic amide) rings is 1. The SMILES string of the molecule is NC(=O)OCC1=C(C(=O)[O-])N2C(=O)[C@@H]3[C@H]2C1CCN3C(=O)Cc1cccs1.[Na+]. The molecule has 2 N–H and O–H groups in total. The maximum absolute atomic E-state index is 12.7. The fourth-order valence-corrected chi connectivity index (χ4v) is 4.96. The largest absolute Gasteiger partial charge is 1.00 e. The molecule has 3 aliphatic heterocycles. The monoisotopic (exact) mass is 413 g/mol. The Bertz CT molecular complexity index is 870. The third-order valence-corrected chi connectivity index (χ3v) is 6.20. The molecule has 0 aliphatic carbocycles. The maximum atomic E-state index is 12.7. The molecule has 4 heterocycles. The summed E-state index contributed by atoms with van der Waals surface area (Å²) in [6, 6.07) is 2.55. The predicted molar refractivity (Wildman–Crippen MR) is 89.8 cm³/mol. The first-order chi connectivity index (χ1) is 12.9. The molecule has 3 aliphatic rings. The quantitative estimate of drug-likeness (QED) is 0.385. The summed E-state index contributed by atoms with van der Waals surface area (Å²) in [5, 5.41) is 13.5. The van der Waals surface area contributed by atoms with E-state index in [2.05, 4.69) is 0 Å². The van der Waals surface area contributed by atoms with Crippen molar-refractivity contribution < 1.29 is 58.6 Å². The van der Waals surface area contributed by atoms with Gasteiger partial charge in [0, 0.05) is 17.3 Å². The van der Waals surface area contributed by atoms with Crippen molar-refractivity contribution in [3.05, 3.63) is 33.7 Å². The molecule has 2 fully saturated rings. The summed E-state index contributed by atoms with van der Waals surface area (Å²) in [6.07, 6.45) is -0.354. The zero-order valence-electron chi connectivity index (χ0n) is 15.1. The Hall–Kier alpha value is -1.88. The average Bonchev–Trinajstić information content (AvgIpc) is 3.23. The fraction of sp³-hybridized carbons (Fsp3) is 0.412. The number of hydrogen-bond acceptors (Lipinski definition) is 7. The first kappa shape index (κ1) is 20.8. The number of likely N-dealkylation sites (tertiary alicyclic amines) is 1. The van der Waals surface area contributed by atoms with Crippen LogP contribution in [0.3, 0.4) is 0 Å². The summed E-state index contributed by atoms with van der Waals surface area (Å²) < 4.78 is 4.77. The van der Waals surface area contributed by atoms with Gasteiger partial charge in [-0.25, -0.2) is 4.79 Å². The number of rotatable bonds is 5. The number of carboxylic acid groups (broad SMARTS) is 1. The molecule has 3 atom stereocenters. The van der Waals surface area contributed by atoms with E-state index in [0.29, 0.717) is 18.5 Å². The van der Waals surface area contributed by atoms with Crippen molar-refractivity contribution in [2.75, 3.05) is 13.2 Å². The standard InChI is InChI=1S/C17H17N3O6S.Na/c18-17(25)26-7-10-9-3-4-19(11(21)6-8-2-1-5-27-8)14-12(9)20(15(14)22)13(10)16(23)24;/h1-2,5,9,12,14H,3-4,6-7H2,(H2,18,25)(H,23,24);/q;+1/p-1/t9?,12-,14+;/m1./s1. The minimum atomic E-state index is -1.50. The molecule has 2 saturated heterocycles. The summed E-state index contributed by atoms with van der Waals surface area (Å²) in [7, 11) is 0. The first-order valence-corrected chi connectivity index (χ1v) is 9.29. The topological polar surface area (TPSA) is 133 Å². The Kier molecular flexibility index (Phi) is 5.85. The van der Waals surface area contributed by atoms with E-state index in [9.17, 15) is 24.3 Å². The van der Waals surface area contributed by atoms with Gasteiger partial charge >= 0.3 is 35.7 Å². The number of nitrogens with two attached hydrogens (primary N) is 1. The molecule has 1 unspecified atom stereocenters. The number of carboxylic acids is 1. The van der Waals surface area contributed by atoms with Crippen molar-refractivity contribution >= 4 is 35.2 Å². The van der Waals surface area contributed by atoms with Crippen LogP contribution in [0.5, 0.6) is 0 Å². The number of hydrogen-bond donors (Lipinski definition) is 1. The van der Waals surface area contributed by atoms with Gasteiger partial charge in [-0.3, -0.25) is 9.59 Å². The predicted octanol–water partition coefficient (Wildman–Crippen LogP) is -4.16. The summed E-state index contributed by atoms with van der Waals surface area (Å²) >= 11 is 1.47. The van der Waals surface area contributed by atoms with Crippen LogP contribution < -0.4 is 40.4 Å². The van der Waals surface area contributed by atoms with E-state index < -0.39 is 30.1 Å². The second-order valence-electron chi connectivity index (χ2n) is 6.65. The van der Waals surface area contributed by atoms with Gasteiger partial charge in [0.15, 0.2) is 0 Å². The molecule has 0 aromatic carbocycles. The molecule has 3 amide bonds. The molecule has 11 heteroatoms. The van der Waals surface area contributed by atoms with E-state index in [4.69, 9.17) is 10.5 Å². The van der Waals surface area contributed by atoms with Gasteiger partial charge in [-0.15, -0.1) is 11.3 Å². The molecular weight excluding hydrogens is 397 g/mol. The molecule has 1 aromatic rings. The summed E-state index contributed by atoms with van der Waals surface area (Å²) in [6.45, 7) is 0.0233. The number of thiophene rings is 1. The second kappa shape index (κ2) is 7.86. The second-order valence-corrected chi connectivity index (χ2v) is 7.68. The molecule has 0 saturated carbocycles. The van der Waals surface area contributed by atoms with Crippen molar-refractivity contribution in [3.63, 3.8) is 0 Å². The van der Waals surface area contributed by atoms with Crippen molar-refractivity contribution in [1.29, 1.82) is 0 Å². The minimum Gasteiger partial charge on any atom is -0.543 e. The van der Waals surface area contributed by atoms with Crippen LogP contribution >= 0.6 is 11.3 Å². The smallest absolute Gasteiger partial charge is 0.543 e. The number of carbonyl (C=O) groups excluding carboxylic acids is 4. The van der Waals surface area contributed by atoms with Crippen LogP contribution in [0, 0.1) is 5.92 Å². The number of primary amides is 1. The van der Waals surface area contributed by atoms with Gasteiger partial charge < -0.3 is 30.2 Å². The third-order valence-electron chi connectivity index (χ3n) is 5.32. The molecule has 1 aromatic heterocycles. The third kappa shape index (κ3) is 3.24. The van der Waals surface area contributed by atoms with Crippen LogP contribution in [-0.4, -0.2) is 58.9 Å². The first-order valence-electron chi connectivity index (χ1n) is 8.41. The molecular formula is C17H16N3NaO6S. The molecule has 0 radical (unpaired) electrons. The maximum Gasteiger partial charge on any atom is 1.00 e. The Morgan fingerprint density at radius 1 is 1.36 bits per heavy atom. The van der Waals surface area contributed by atoms with Crippen LogP contribution in [0.15, 0.2) is 28.8 Å². The number of piperidine rings is 1. The minimum absolute atomic E-state index is 0. The van der Waals surface area contributed by atoms with Crippen LogP contribution in [0.25, 0.3) is 0 Å². The Labute approximate surface area is 186 Å². The Morgan fingerprint density at radius 3 is 2.71 bits per heavy atom. The normalized spacial score (nSPS) is 25.0. The summed E-state index contributed by atoms with van der Waals surface area (Å²) in [5.41, 5.74) is 5.04. The zero-order valence-corrected chi connectivity index (χ0v) is 17.9. The molecule has 0 bridgehead atoms. The van der Waals surface area contributed by atoms with E-state index in [1.54, 1.807) is 0 Å². The van der Waals surface area contributed by atoms with Crippen LogP contribution in [0.2, 0.25) is 0 Å².